The van der Waals surface area contributed by atoms with Crippen molar-refractivity contribution in [2.45, 2.75) is 25.3 Å². The Labute approximate surface area is 126 Å². The van der Waals surface area contributed by atoms with E-state index in [9.17, 15) is 9.59 Å². The van der Waals surface area contributed by atoms with Gasteiger partial charge in [-0.25, -0.2) is 0 Å². The van der Waals surface area contributed by atoms with E-state index in [1.807, 2.05) is 24.3 Å². The lowest BCUT2D eigenvalue weighted by atomic mass is 10.1. The molecule has 20 heavy (non-hydrogen) atoms. The minimum Gasteiger partial charge on any atom is -0.481 e. The minimum atomic E-state index is -0.771. The molecule has 0 radical (unpaired) electrons. The van der Waals surface area contributed by atoms with E-state index >= 15 is 0 Å². The summed E-state index contributed by atoms with van der Waals surface area (Å²) in [6.07, 6.45) is 5.11. The van der Waals surface area contributed by atoms with Crippen LogP contribution in [0.1, 0.15) is 24.8 Å². The molecule has 0 aliphatic heterocycles. The molecule has 2 rings (SSSR count). The first-order chi connectivity index (χ1) is 9.54. The number of hydrogen-bond acceptors (Lipinski definition) is 2. The molecule has 1 saturated carbocycles. The third kappa shape index (κ3) is 4.20. The van der Waals surface area contributed by atoms with Crippen LogP contribution >= 0.6 is 15.9 Å². The van der Waals surface area contributed by atoms with Crippen molar-refractivity contribution < 1.29 is 14.7 Å². The largest absolute Gasteiger partial charge is 0.481 e. The molecule has 5 heteroatoms. The van der Waals surface area contributed by atoms with Crippen molar-refractivity contribution in [3.63, 3.8) is 0 Å². The third-order valence-electron chi connectivity index (χ3n) is 3.43. The second-order valence-electron chi connectivity index (χ2n) is 4.94. The summed E-state index contributed by atoms with van der Waals surface area (Å²) < 4.78 is 0.991. The highest BCUT2D eigenvalue weighted by Gasteiger charge is 2.30. The van der Waals surface area contributed by atoms with Crippen molar-refractivity contribution in [1.29, 1.82) is 0 Å². The maximum absolute atomic E-state index is 11.8. The number of carboxylic acids is 1. The molecule has 0 heterocycles. The predicted molar refractivity (Wildman–Crippen MR) is 80.1 cm³/mol. The molecule has 2 N–H and O–H groups in total. The Morgan fingerprint density at radius 1 is 1.25 bits per heavy atom. The molecule has 1 aliphatic rings. The van der Waals surface area contributed by atoms with Crippen molar-refractivity contribution >= 4 is 33.9 Å². The van der Waals surface area contributed by atoms with Gasteiger partial charge in [0.1, 0.15) is 0 Å². The Bertz CT molecular complexity index is 524. The summed E-state index contributed by atoms with van der Waals surface area (Å²) in [4.78, 5) is 22.6. The van der Waals surface area contributed by atoms with Gasteiger partial charge >= 0.3 is 5.97 Å². The standard InChI is InChI=1S/C15H16BrNO3/c16-12-5-1-10(2-6-12)3-8-14(18)17-13-7-4-11(9-13)15(19)20/h1-3,5-6,8,11,13H,4,7,9H2,(H,17,18)(H,19,20). The van der Waals surface area contributed by atoms with Crippen LogP contribution in [0, 0.1) is 5.92 Å². The van der Waals surface area contributed by atoms with Crippen LogP contribution in [-0.4, -0.2) is 23.0 Å². The molecule has 4 nitrogen and oxygen atoms in total. The van der Waals surface area contributed by atoms with Crippen LogP contribution in [0.15, 0.2) is 34.8 Å². The summed E-state index contributed by atoms with van der Waals surface area (Å²) in [6, 6.07) is 7.60. The normalized spacial score (nSPS) is 22.1. The van der Waals surface area contributed by atoms with Crippen molar-refractivity contribution in [1.82, 2.24) is 5.32 Å². The number of carbonyl (C=O) groups excluding carboxylic acids is 1. The van der Waals surface area contributed by atoms with E-state index in [0.29, 0.717) is 12.8 Å². The molecule has 0 aromatic heterocycles. The zero-order chi connectivity index (χ0) is 14.5. The van der Waals surface area contributed by atoms with E-state index in [0.717, 1.165) is 16.5 Å². The lowest BCUT2D eigenvalue weighted by molar-refractivity contribution is -0.141. The van der Waals surface area contributed by atoms with Crippen LogP contribution in [0.3, 0.4) is 0 Å². The highest BCUT2D eigenvalue weighted by atomic mass is 79.9. The fourth-order valence-corrected chi connectivity index (χ4v) is 2.60. The molecule has 0 bridgehead atoms. The van der Waals surface area contributed by atoms with Gasteiger partial charge in [0.2, 0.25) is 5.91 Å². The first-order valence-corrected chi connectivity index (χ1v) is 7.31. The maximum Gasteiger partial charge on any atom is 0.306 e. The van der Waals surface area contributed by atoms with Crippen LogP contribution in [0.25, 0.3) is 6.08 Å². The van der Waals surface area contributed by atoms with Gasteiger partial charge in [-0.2, -0.15) is 0 Å². The van der Waals surface area contributed by atoms with E-state index in [4.69, 9.17) is 5.11 Å². The highest BCUT2D eigenvalue weighted by Crippen LogP contribution is 2.25. The highest BCUT2D eigenvalue weighted by molar-refractivity contribution is 9.10. The molecule has 0 saturated heterocycles. The number of halogens is 1. The molecule has 1 aromatic carbocycles. The fourth-order valence-electron chi connectivity index (χ4n) is 2.33. The van der Waals surface area contributed by atoms with Gasteiger partial charge in [-0.1, -0.05) is 28.1 Å². The van der Waals surface area contributed by atoms with Gasteiger partial charge in [0.25, 0.3) is 0 Å². The van der Waals surface area contributed by atoms with Crippen molar-refractivity contribution in [2.24, 2.45) is 5.92 Å². The van der Waals surface area contributed by atoms with Crippen LogP contribution in [0.4, 0.5) is 0 Å². The number of amides is 1. The van der Waals surface area contributed by atoms with Gasteiger partial charge in [-0.15, -0.1) is 0 Å². The number of benzene rings is 1. The molecule has 1 aromatic rings. The maximum atomic E-state index is 11.8. The molecule has 2 unspecified atom stereocenters. The Morgan fingerprint density at radius 2 is 1.95 bits per heavy atom. The third-order valence-corrected chi connectivity index (χ3v) is 3.95. The molecular formula is C15H16BrNO3. The van der Waals surface area contributed by atoms with Gasteiger partial charge in [0.15, 0.2) is 0 Å². The average molecular weight is 338 g/mol. The molecule has 1 amide bonds. The number of nitrogens with one attached hydrogen (secondary N) is 1. The van der Waals surface area contributed by atoms with Crippen molar-refractivity contribution in [3.05, 3.63) is 40.4 Å². The van der Waals surface area contributed by atoms with Crippen LogP contribution < -0.4 is 5.32 Å². The van der Waals surface area contributed by atoms with E-state index in [2.05, 4.69) is 21.2 Å². The molecular weight excluding hydrogens is 322 g/mol. The fraction of sp³-hybridized carbons (Fsp3) is 0.333. The van der Waals surface area contributed by atoms with E-state index in [1.165, 1.54) is 6.08 Å². The van der Waals surface area contributed by atoms with Gasteiger partial charge in [0.05, 0.1) is 5.92 Å². The number of carboxylic acid groups (broad SMARTS) is 1. The van der Waals surface area contributed by atoms with Crippen LogP contribution in [0.5, 0.6) is 0 Å². The summed E-state index contributed by atoms with van der Waals surface area (Å²) in [6.45, 7) is 0. The smallest absolute Gasteiger partial charge is 0.306 e. The number of aliphatic carboxylic acids is 1. The Kier molecular flexibility index (Phi) is 4.95. The predicted octanol–water partition coefficient (Wildman–Crippen LogP) is 2.83. The molecule has 0 spiro atoms. The molecule has 106 valence electrons. The number of carbonyl (C=O) groups is 2. The van der Waals surface area contributed by atoms with Crippen LogP contribution in [-0.2, 0) is 9.59 Å². The second-order valence-corrected chi connectivity index (χ2v) is 5.85. The quantitative estimate of drug-likeness (QED) is 0.830. The van der Waals surface area contributed by atoms with Crippen molar-refractivity contribution in [3.8, 4) is 0 Å². The number of hydrogen-bond donors (Lipinski definition) is 2. The molecule has 2 atom stereocenters. The van der Waals surface area contributed by atoms with Crippen LogP contribution in [0.2, 0.25) is 0 Å². The Hall–Kier alpha value is -1.62. The van der Waals surface area contributed by atoms with E-state index in [1.54, 1.807) is 6.08 Å². The molecule has 1 fully saturated rings. The van der Waals surface area contributed by atoms with E-state index in [-0.39, 0.29) is 17.9 Å². The zero-order valence-corrected chi connectivity index (χ0v) is 12.5. The summed E-state index contributed by atoms with van der Waals surface area (Å²) >= 11 is 3.35. The Morgan fingerprint density at radius 3 is 2.55 bits per heavy atom. The zero-order valence-electron chi connectivity index (χ0n) is 10.9. The minimum absolute atomic E-state index is 0.0295. The monoisotopic (exact) mass is 337 g/mol. The molecule has 1 aliphatic carbocycles. The summed E-state index contributed by atoms with van der Waals surface area (Å²) in [5, 5.41) is 11.8. The van der Waals surface area contributed by atoms with Gasteiger partial charge < -0.3 is 10.4 Å². The topological polar surface area (TPSA) is 66.4 Å². The first-order valence-electron chi connectivity index (χ1n) is 6.51. The average Bonchev–Trinajstić information content (AvgIpc) is 2.87. The van der Waals surface area contributed by atoms with Gasteiger partial charge in [-0.05, 0) is 43.0 Å². The Balaban J connectivity index is 1.84. The van der Waals surface area contributed by atoms with Crippen molar-refractivity contribution in [2.75, 3.05) is 0 Å². The lowest BCUT2D eigenvalue weighted by Crippen LogP contribution is -2.31. The van der Waals surface area contributed by atoms with Gasteiger partial charge in [0, 0.05) is 16.6 Å². The lowest BCUT2D eigenvalue weighted by Gasteiger charge is -2.10. The number of rotatable bonds is 4. The SMILES string of the molecule is O=C(C=Cc1ccc(Br)cc1)NC1CCC(C(=O)O)C1. The summed E-state index contributed by atoms with van der Waals surface area (Å²) in [5.74, 6) is -1.27. The summed E-state index contributed by atoms with van der Waals surface area (Å²) in [5.41, 5.74) is 0.943. The first kappa shape index (κ1) is 14.8. The van der Waals surface area contributed by atoms with E-state index < -0.39 is 5.97 Å². The summed E-state index contributed by atoms with van der Waals surface area (Å²) in [7, 11) is 0. The second kappa shape index (κ2) is 6.70. The van der Waals surface area contributed by atoms with Gasteiger partial charge in [-0.3, -0.25) is 9.59 Å².